The number of nitrogens with one attached hydrogen (secondary N) is 1. The fourth-order valence-electron chi connectivity index (χ4n) is 3.94. The van der Waals surface area contributed by atoms with E-state index in [-0.39, 0.29) is 13.0 Å². The molecule has 0 bridgehead atoms. The van der Waals surface area contributed by atoms with Crippen molar-refractivity contribution in [2.45, 2.75) is 90.1 Å². The van der Waals surface area contributed by atoms with Gasteiger partial charge < -0.3 is 29.2 Å². The summed E-state index contributed by atoms with van der Waals surface area (Å²) in [6.07, 6.45) is 7.59. The van der Waals surface area contributed by atoms with Crippen molar-refractivity contribution >= 4 is 12.1 Å². The predicted octanol–water partition coefficient (Wildman–Crippen LogP) is 4.51. The summed E-state index contributed by atoms with van der Waals surface area (Å²) in [6, 6.07) is 7.82. The van der Waals surface area contributed by atoms with Crippen LogP contribution in [0.2, 0.25) is 0 Å². The Balaban J connectivity index is 1.52. The average Bonchev–Trinajstić information content (AvgIpc) is 3.26. The van der Waals surface area contributed by atoms with Gasteiger partial charge in [-0.2, -0.15) is 0 Å². The molecule has 35 heavy (non-hydrogen) atoms. The maximum absolute atomic E-state index is 11.8. The van der Waals surface area contributed by atoms with E-state index in [9.17, 15) is 14.7 Å². The van der Waals surface area contributed by atoms with Gasteiger partial charge in [-0.1, -0.05) is 6.42 Å². The van der Waals surface area contributed by atoms with Crippen molar-refractivity contribution in [3.63, 3.8) is 0 Å². The summed E-state index contributed by atoms with van der Waals surface area (Å²) in [5.74, 6) is -0.234. The van der Waals surface area contributed by atoms with Crippen LogP contribution < -0.4 is 10.1 Å². The van der Waals surface area contributed by atoms with Crippen LogP contribution in [0, 0.1) is 0 Å². The van der Waals surface area contributed by atoms with Gasteiger partial charge in [-0.15, -0.1) is 0 Å². The van der Waals surface area contributed by atoms with Gasteiger partial charge in [0, 0.05) is 24.8 Å². The number of nitrogens with zero attached hydrogens (tertiary/aromatic N) is 2. The second-order valence-electron chi connectivity index (χ2n) is 10.0. The number of carbonyl (C=O) groups excluding carboxylic acids is 1. The minimum absolute atomic E-state index is 0.0992. The molecule has 1 aliphatic rings. The molecule has 192 valence electrons. The zero-order valence-corrected chi connectivity index (χ0v) is 21.0. The second-order valence-corrected chi connectivity index (χ2v) is 10.0. The van der Waals surface area contributed by atoms with E-state index < -0.39 is 29.9 Å². The van der Waals surface area contributed by atoms with E-state index in [1.54, 1.807) is 40.2 Å². The highest BCUT2D eigenvalue weighted by Gasteiger charge is 2.24. The van der Waals surface area contributed by atoms with Gasteiger partial charge in [0.15, 0.2) is 6.10 Å². The Labute approximate surface area is 206 Å². The highest BCUT2D eigenvalue weighted by Crippen LogP contribution is 2.24. The average molecular weight is 488 g/mol. The smallest absolute Gasteiger partial charge is 0.407 e. The van der Waals surface area contributed by atoms with Crippen molar-refractivity contribution in [1.29, 1.82) is 0 Å². The number of carbonyl (C=O) groups is 2. The van der Waals surface area contributed by atoms with E-state index in [0.717, 1.165) is 24.3 Å². The van der Waals surface area contributed by atoms with E-state index in [0.29, 0.717) is 11.8 Å². The lowest BCUT2D eigenvalue weighted by Crippen LogP contribution is -2.39. The zero-order valence-electron chi connectivity index (χ0n) is 21.0. The van der Waals surface area contributed by atoms with Crippen LogP contribution in [0.3, 0.4) is 0 Å². The molecular weight excluding hydrogens is 450 g/mol. The zero-order chi connectivity index (χ0) is 25.4. The first-order valence-electron chi connectivity index (χ1n) is 12.2. The predicted molar refractivity (Wildman–Crippen MR) is 131 cm³/mol. The standard InChI is InChI=1S/C26H37N3O6/c1-18(15-27-25(32)35-26(2,3)4)33-23(24(30)31)14-19-16-29(17-28-19)20-10-12-22(13-11-20)34-21-8-6-5-7-9-21/h10-13,16-18,21,23H,5-9,14-15H2,1-4H3,(H,27,32)(H,30,31)/t18-,23+/m1/s1. The Hall–Kier alpha value is -3.07. The van der Waals surface area contributed by atoms with Gasteiger partial charge >= 0.3 is 12.1 Å². The van der Waals surface area contributed by atoms with Crippen LogP contribution in [-0.4, -0.2) is 57.2 Å². The van der Waals surface area contributed by atoms with Crippen LogP contribution in [0.15, 0.2) is 36.8 Å². The van der Waals surface area contributed by atoms with Gasteiger partial charge in [0.25, 0.3) is 0 Å². The van der Waals surface area contributed by atoms with E-state index in [1.165, 1.54) is 19.3 Å². The van der Waals surface area contributed by atoms with Gasteiger partial charge in [0.1, 0.15) is 11.4 Å². The fourth-order valence-corrected chi connectivity index (χ4v) is 3.94. The quantitative estimate of drug-likeness (QED) is 0.507. The van der Waals surface area contributed by atoms with Crippen LogP contribution in [0.25, 0.3) is 5.69 Å². The van der Waals surface area contributed by atoms with Crippen molar-refractivity contribution < 1.29 is 28.9 Å². The van der Waals surface area contributed by atoms with Gasteiger partial charge in [-0.25, -0.2) is 14.6 Å². The molecule has 1 saturated carbocycles. The first-order chi connectivity index (χ1) is 16.6. The molecule has 2 aromatic rings. The third kappa shape index (κ3) is 8.90. The monoisotopic (exact) mass is 487 g/mol. The molecular formula is C26H37N3O6. The van der Waals surface area contributed by atoms with Crippen molar-refractivity contribution in [1.82, 2.24) is 14.9 Å². The summed E-state index contributed by atoms with van der Waals surface area (Å²) in [6.45, 7) is 7.13. The Bertz CT molecular complexity index is 960. The lowest BCUT2D eigenvalue weighted by molar-refractivity contribution is -0.153. The number of carboxylic acids is 1. The maximum Gasteiger partial charge on any atom is 0.407 e. The molecule has 3 rings (SSSR count). The van der Waals surface area contributed by atoms with Gasteiger partial charge in [-0.05, 0) is 77.6 Å². The highest BCUT2D eigenvalue weighted by atomic mass is 16.6. The van der Waals surface area contributed by atoms with Crippen LogP contribution in [-0.2, 0) is 20.7 Å². The Morgan fingerprint density at radius 2 is 1.86 bits per heavy atom. The minimum Gasteiger partial charge on any atom is -0.490 e. The first-order valence-corrected chi connectivity index (χ1v) is 12.2. The van der Waals surface area contributed by atoms with Crippen LogP contribution >= 0.6 is 0 Å². The summed E-state index contributed by atoms with van der Waals surface area (Å²) in [5.41, 5.74) is 0.883. The Morgan fingerprint density at radius 1 is 1.17 bits per heavy atom. The molecule has 0 unspecified atom stereocenters. The largest absolute Gasteiger partial charge is 0.490 e. The molecule has 2 atom stereocenters. The van der Waals surface area contributed by atoms with E-state index in [2.05, 4.69) is 10.3 Å². The number of imidazole rings is 1. The number of alkyl carbamates (subject to hydrolysis) is 1. The van der Waals surface area contributed by atoms with E-state index >= 15 is 0 Å². The number of aliphatic carboxylic acids is 1. The third-order valence-electron chi connectivity index (χ3n) is 5.63. The van der Waals surface area contributed by atoms with Crippen molar-refractivity contribution in [2.24, 2.45) is 0 Å². The van der Waals surface area contributed by atoms with Gasteiger partial charge in [0.2, 0.25) is 0 Å². The Morgan fingerprint density at radius 3 is 2.49 bits per heavy atom. The number of hydrogen-bond acceptors (Lipinski definition) is 6. The second kappa shape index (κ2) is 12.1. The Kier molecular flexibility index (Phi) is 9.14. The molecule has 2 N–H and O–H groups in total. The minimum atomic E-state index is -1.10. The van der Waals surface area contributed by atoms with Crippen molar-refractivity contribution in [3.8, 4) is 11.4 Å². The molecule has 1 aromatic heterocycles. The SMILES string of the molecule is C[C@H](CNC(=O)OC(C)(C)C)O[C@@H](Cc1cn(-c2ccc(OC3CCCCC3)cc2)cn1)C(=O)O. The maximum atomic E-state index is 11.8. The summed E-state index contributed by atoms with van der Waals surface area (Å²) >= 11 is 0. The summed E-state index contributed by atoms with van der Waals surface area (Å²) < 4.78 is 18.8. The lowest BCUT2D eigenvalue weighted by atomic mass is 9.98. The van der Waals surface area contributed by atoms with E-state index in [1.807, 2.05) is 28.8 Å². The molecule has 0 spiro atoms. The van der Waals surface area contributed by atoms with Crippen LogP contribution in [0.4, 0.5) is 4.79 Å². The lowest BCUT2D eigenvalue weighted by Gasteiger charge is -2.23. The molecule has 1 amide bonds. The summed E-state index contributed by atoms with van der Waals surface area (Å²) in [4.78, 5) is 27.9. The number of amides is 1. The molecule has 1 aromatic carbocycles. The molecule has 0 aliphatic heterocycles. The summed E-state index contributed by atoms with van der Waals surface area (Å²) in [7, 11) is 0. The number of hydrogen-bond donors (Lipinski definition) is 2. The normalized spacial score (nSPS) is 16.3. The number of benzene rings is 1. The molecule has 9 heteroatoms. The van der Waals surface area contributed by atoms with Crippen LogP contribution in [0.5, 0.6) is 5.75 Å². The van der Waals surface area contributed by atoms with Gasteiger partial charge in [0.05, 0.1) is 24.2 Å². The number of rotatable bonds is 10. The first kappa shape index (κ1) is 26.5. The fraction of sp³-hybridized carbons (Fsp3) is 0.577. The molecule has 0 saturated heterocycles. The van der Waals surface area contributed by atoms with Crippen molar-refractivity contribution in [2.75, 3.05) is 6.54 Å². The summed E-state index contributed by atoms with van der Waals surface area (Å²) in [5, 5.41) is 12.2. The molecule has 9 nitrogen and oxygen atoms in total. The van der Waals surface area contributed by atoms with E-state index in [4.69, 9.17) is 14.2 Å². The highest BCUT2D eigenvalue weighted by molar-refractivity contribution is 5.72. The molecule has 1 fully saturated rings. The third-order valence-corrected chi connectivity index (χ3v) is 5.63. The number of aromatic nitrogens is 2. The molecule has 1 aliphatic carbocycles. The number of carboxylic acid groups (broad SMARTS) is 1. The molecule has 1 heterocycles. The molecule has 0 radical (unpaired) electrons. The topological polar surface area (TPSA) is 112 Å². The van der Waals surface area contributed by atoms with Crippen LogP contribution in [0.1, 0.15) is 65.5 Å². The van der Waals surface area contributed by atoms with Gasteiger partial charge in [-0.3, -0.25) is 0 Å². The van der Waals surface area contributed by atoms with Crippen molar-refractivity contribution in [3.05, 3.63) is 42.5 Å². The number of ether oxygens (including phenoxy) is 3.